The summed E-state index contributed by atoms with van der Waals surface area (Å²) in [5.41, 5.74) is 3.15. The van der Waals surface area contributed by atoms with Gasteiger partial charge in [0, 0.05) is 6.42 Å². The lowest BCUT2D eigenvalue weighted by Crippen LogP contribution is -2.27. The Morgan fingerprint density at radius 2 is 2.17 bits per heavy atom. The number of nitrogens with zero attached hydrogens (tertiary/aromatic N) is 1. The van der Waals surface area contributed by atoms with Crippen LogP contribution in [0.15, 0.2) is 22.6 Å². The lowest BCUT2D eigenvalue weighted by molar-refractivity contribution is 0.343. The summed E-state index contributed by atoms with van der Waals surface area (Å²) >= 11 is 0. The Kier molecular flexibility index (Phi) is 3.33. The number of aromatic nitrogens is 1. The van der Waals surface area contributed by atoms with Gasteiger partial charge in [-0.25, -0.2) is 4.98 Å². The van der Waals surface area contributed by atoms with Gasteiger partial charge in [0.2, 0.25) is 0 Å². The van der Waals surface area contributed by atoms with Crippen LogP contribution in [0.2, 0.25) is 0 Å². The van der Waals surface area contributed by atoms with Gasteiger partial charge in [0.25, 0.3) is 0 Å². The Bertz CT molecular complexity index is 526. The van der Waals surface area contributed by atoms with E-state index in [0.717, 1.165) is 42.4 Å². The van der Waals surface area contributed by atoms with Crippen LogP contribution in [0.25, 0.3) is 11.1 Å². The quantitative estimate of drug-likeness (QED) is 0.901. The molecule has 2 aromatic rings. The lowest BCUT2D eigenvalue weighted by Gasteiger charge is -2.21. The third-order valence-electron chi connectivity index (χ3n) is 3.81. The Labute approximate surface area is 108 Å². The summed E-state index contributed by atoms with van der Waals surface area (Å²) in [6, 6.07) is 6.18. The molecule has 1 aromatic heterocycles. The molecule has 0 saturated carbocycles. The summed E-state index contributed by atoms with van der Waals surface area (Å²) in [7, 11) is 0. The Balaban J connectivity index is 1.67. The molecule has 0 radical (unpaired) electrons. The van der Waals surface area contributed by atoms with Crippen molar-refractivity contribution in [1.29, 1.82) is 0 Å². The molecule has 0 amide bonds. The number of aryl methyl sites for hydroxylation is 2. The number of hydrogen-bond donors (Lipinski definition) is 1. The summed E-state index contributed by atoms with van der Waals surface area (Å²) in [4.78, 5) is 4.58. The standard InChI is InChI=1S/C15H20N2O/c1-11-2-4-14-13(10-11)17-15(18-14)5-3-12-6-8-16-9-7-12/h2,4,10,12,16H,3,5-9H2,1H3. The molecule has 1 N–H and O–H groups in total. The smallest absolute Gasteiger partial charge is 0.195 e. The summed E-state index contributed by atoms with van der Waals surface area (Å²) in [6.07, 6.45) is 4.75. The van der Waals surface area contributed by atoms with Gasteiger partial charge in [-0.3, -0.25) is 0 Å². The fourth-order valence-corrected chi connectivity index (χ4v) is 2.69. The minimum absolute atomic E-state index is 0.836. The number of rotatable bonds is 3. The number of hydrogen-bond acceptors (Lipinski definition) is 3. The fourth-order valence-electron chi connectivity index (χ4n) is 2.69. The van der Waals surface area contributed by atoms with Crippen molar-refractivity contribution in [3.05, 3.63) is 29.7 Å². The van der Waals surface area contributed by atoms with Crippen molar-refractivity contribution >= 4 is 11.1 Å². The maximum Gasteiger partial charge on any atom is 0.195 e. The van der Waals surface area contributed by atoms with E-state index in [2.05, 4.69) is 29.4 Å². The highest BCUT2D eigenvalue weighted by Crippen LogP contribution is 2.21. The van der Waals surface area contributed by atoms with Crippen LogP contribution in [-0.2, 0) is 6.42 Å². The zero-order chi connectivity index (χ0) is 12.4. The number of benzene rings is 1. The monoisotopic (exact) mass is 244 g/mol. The molecule has 3 rings (SSSR count). The van der Waals surface area contributed by atoms with Gasteiger partial charge in [0.1, 0.15) is 5.52 Å². The third-order valence-corrected chi connectivity index (χ3v) is 3.81. The zero-order valence-corrected chi connectivity index (χ0v) is 10.9. The third kappa shape index (κ3) is 2.56. The molecule has 2 heterocycles. The zero-order valence-electron chi connectivity index (χ0n) is 10.9. The van der Waals surface area contributed by atoms with E-state index in [9.17, 15) is 0 Å². The van der Waals surface area contributed by atoms with Crippen LogP contribution in [0.5, 0.6) is 0 Å². The van der Waals surface area contributed by atoms with E-state index in [-0.39, 0.29) is 0 Å². The SMILES string of the molecule is Cc1ccc2oc(CCC3CCNCC3)nc2c1. The second-order valence-corrected chi connectivity index (χ2v) is 5.31. The van der Waals surface area contributed by atoms with Crippen LogP contribution in [0.4, 0.5) is 0 Å². The summed E-state index contributed by atoms with van der Waals surface area (Å²) in [6.45, 7) is 4.41. The van der Waals surface area contributed by atoms with E-state index in [4.69, 9.17) is 4.42 Å². The molecule has 3 nitrogen and oxygen atoms in total. The number of oxazole rings is 1. The van der Waals surface area contributed by atoms with E-state index in [1.807, 2.05) is 6.07 Å². The molecular formula is C15H20N2O. The van der Waals surface area contributed by atoms with Gasteiger partial charge in [0.05, 0.1) is 0 Å². The van der Waals surface area contributed by atoms with Crippen LogP contribution in [0.1, 0.15) is 30.7 Å². The van der Waals surface area contributed by atoms with Crippen molar-refractivity contribution in [1.82, 2.24) is 10.3 Å². The van der Waals surface area contributed by atoms with Crippen molar-refractivity contribution in [3.63, 3.8) is 0 Å². The van der Waals surface area contributed by atoms with Crippen LogP contribution >= 0.6 is 0 Å². The van der Waals surface area contributed by atoms with Gasteiger partial charge < -0.3 is 9.73 Å². The van der Waals surface area contributed by atoms with Crippen molar-refractivity contribution in [2.45, 2.75) is 32.6 Å². The van der Waals surface area contributed by atoms with Crippen molar-refractivity contribution in [3.8, 4) is 0 Å². The fraction of sp³-hybridized carbons (Fsp3) is 0.533. The summed E-state index contributed by atoms with van der Waals surface area (Å²) in [5.74, 6) is 1.73. The summed E-state index contributed by atoms with van der Waals surface area (Å²) in [5, 5.41) is 3.40. The average Bonchev–Trinajstić information content (AvgIpc) is 2.79. The molecule has 1 saturated heterocycles. The first-order chi connectivity index (χ1) is 8.81. The van der Waals surface area contributed by atoms with Crippen LogP contribution in [-0.4, -0.2) is 18.1 Å². The molecule has 0 atom stereocenters. The Morgan fingerprint density at radius 1 is 1.33 bits per heavy atom. The molecule has 1 aromatic carbocycles. The molecule has 96 valence electrons. The van der Waals surface area contributed by atoms with E-state index < -0.39 is 0 Å². The van der Waals surface area contributed by atoms with Crippen LogP contribution in [0.3, 0.4) is 0 Å². The second kappa shape index (κ2) is 5.11. The highest BCUT2D eigenvalue weighted by Gasteiger charge is 2.14. The van der Waals surface area contributed by atoms with Crippen molar-refractivity contribution < 1.29 is 4.42 Å². The predicted molar refractivity (Wildman–Crippen MR) is 72.7 cm³/mol. The predicted octanol–water partition coefficient (Wildman–Crippen LogP) is 3.07. The molecule has 0 unspecified atom stereocenters. The largest absolute Gasteiger partial charge is 0.441 e. The first-order valence-corrected chi connectivity index (χ1v) is 6.88. The first kappa shape index (κ1) is 11.7. The second-order valence-electron chi connectivity index (χ2n) is 5.31. The number of nitrogens with one attached hydrogen (secondary N) is 1. The molecular weight excluding hydrogens is 224 g/mol. The molecule has 0 spiro atoms. The highest BCUT2D eigenvalue weighted by atomic mass is 16.3. The average molecular weight is 244 g/mol. The maximum atomic E-state index is 5.79. The van der Waals surface area contributed by atoms with Crippen molar-refractivity contribution in [2.75, 3.05) is 13.1 Å². The highest BCUT2D eigenvalue weighted by molar-refractivity contribution is 5.73. The van der Waals surface area contributed by atoms with Gasteiger partial charge in [-0.1, -0.05) is 6.07 Å². The van der Waals surface area contributed by atoms with E-state index >= 15 is 0 Å². The minimum Gasteiger partial charge on any atom is -0.441 e. The first-order valence-electron chi connectivity index (χ1n) is 6.88. The number of piperidine rings is 1. The topological polar surface area (TPSA) is 38.1 Å². The molecule has 18 heavy (non-hydrogen) atoms. The van der Waals surface area contributed by atoms with Gasteiger partial charge >= 0.3 is 0 Å². The van der Waals surface area contributed by atoms with Crippen LogP contribution < -0.4 is 5.32 Å². The molecule has 0 bridgehead atoms. The summed E-state index contributed by atoms with van der Waals surface area (Å²) < 4.78 is 5.79. The normalized spacial score (nSPS) is 17.4. The molecule has 0 aliphatic carbocycles. The van der Waals surface area contributed by atoms with Crippen LogP contribution in [0, 0.1) is 12.8 Å². The Morgan fingerprint density at radius 3 is 3.00 bits per heavy atom. The van der Waals surface area contributed by atoms with Gasteiger partial charge in [0.15, 0.2) is 11.5 Å². The minimum atomic E-state index is 0.836. The molecule has 1 aliphatic rings. The van der Waals surface area contributed by atoms with E-state index in [1.54, 1.807) is 0 Å². The van der Waals surface area contributed by atoms with Crippen molar-refractivity contribution in [2.24, 2.45) is 5.92 Å². The molecule has 3 heteroatoms. The van der Waals surface area contributed by atoms with Gasteiger partial charge in [-0.15, -0.1) is 0 Å². The van der Waals surface area contributed by atoms with E-state index in [1.165, 1.54) is 24.8 Å². The van der Waals surface area contributed by atoms with Gasteiger partial charge in [-0.05, 0) is 62.9 Å². The number of fused-ring (bicyclic) bond motifs is 1. The maximum absolute atomic E-state index is 5.79. The van der Waals surface area contributed by atoms with E-state index in [0.29, 0.717) is 0 Å². The lowest BCUT2D eigenvalue weighted by atomic mass is 9.93. The van der Waals surface area contributed by atoms with Gasteiger partial charge in [-0.2, -0.15) is 0 Å². The molecule has 1 aliphatic heterocycles. The molecule has 1 fully saturated rings. The Hall–Kier alpha value is -1.35.